The van der Waals surface area contributed by atoms with E-state index in [1.807, 2.05) is 0 Å². The molecule has 0 aromatic heterocycles. The second-order valence-corrected chi connectivity index (χ2v) is 20.0. The topological polar surface area (TPSA) is 83.3 Å². The van der Waals surface area contributed by atoms with E-state index in [0.29, 0.717) is 19.3 Å². The first-order valence-corrected chi connectivity index (χ1v) is 29.0. The van der Waals surface area contributed by atoms with Crippen LogP contribution in [0.4, 0.5) is 0 Å². The van der Waals surface area contributed by atoms with Gasteiger partial charge in [0, 0.05) is 19.3 Å². The Kier molecular flexibility index (Phi) is 62.9. The van der Waals surface area contributed by atoms with Crippen LogP contribution in [0, 0.1) is 0 Å². The molecule has 0 aliphatic heterocycles. The lowest BCUT2D eigenvalue weighted by molar-refractivity contribution is -0.836. The molecule has 0 fully saturated rings. The van der Waals surface area contributed by atoms with Crippen LogP contribution in [-0.2, 0) is 28.6 Å². The van der Waals surface area contributed by atoms with E-state index in [9.17, 15) is 14.4 Å². The van der Waals surface area contributed by atoms with Crippen molar-refractivity contribution in [2.45, 2.75) is 297 Å². The van der Waals surface area contributed by atoms with Crippen LogP contribution in [0.3, 0.4) is 0 Å². The van der Waals surface area contributed by atoms with E-state index in [0.717, 1.165) is 77.0 Å². The molecule has 0 aliphatic carbocycles. The van der Waals surface area contributed by atoms with Gasteiger partial charge in [0.1, 0.15) is 13.2 Å². The van der Waals surface area contributed by atoms with E-state index in [1.54, 1.807) is 0 Å². The van der Waals surface area contributed by atoms with Crippen molar-refractivity contribution in [2.24, 2.45) is 0 Å². The number of quaternary nitrogens is 1. The van der Waals surface area contributed by atoms with Gasteiger partial charge in [-0.05, 0) is 96.3 Å². The number of carbonyl (C=O) groups is 3. The fraction of sp³-hybridized carbons (Fsp3) is 0.850. The highest BCUT2D eigenvalue weighted by molar-refractivity contribution is 5.71. The minimum Gasteiger partial charge on any atom is -1.00 e. The van der Waals surface area contributed by atoms with E-state index in [1.165, 1.54) is 178 Å². The number of carbonyl (C=O) groups excluding carboxylic acids is 3. The zero-order valence-electron chi connectivity index (χ0n) is 46.0. The summed E-state index contributed by atoms with van der Waals surface area (Å²) in [5.41, 5.74) is 0. The SMILES string of the molecule is CCCCCCCC/C=C\CCCCCCCC(=O)OCC(COC(=O)CCCCCCC/C=C\CCCCCCCC)OC(=O)CCCCCCC/C=C\CCCCCCCC.C[NH+](C)C.[Cl-]. The van der Waals surface area contributed by atoms with Gasteiger partial charge in [-0.1, -0.05) is 211 Å². The van der Waals surface area contributed by atoms with Gasteiger partial charge in [-0.15, -0.1) is 0 Å². The smallest absolute Gasteiger partial charge is 0.306 e. The normalized spacial score (nSPS) is 11.5. The Morgan fingerprint density at radius 3 is 0.794 bits per heavy atom. The van der Waals surface area contributed by atoms with Crippen LogP contribution in [0.25, 0.3) is 0 Å². The Morgan fingerprint density at radius 2 is 0.544 bits per heavy atom. The van der Waals surface area contributed by atoms with Crippen LogP contribution < -0.4 is 17.3 Å². The largest absolute Gasteiger partial charge is 1.00 e. The quantitative estimate of drug-likeness (QED) is 0.0283. The van der Waals surface area contributed by atoms with Gasteiger partial charge in [-0.25, -0.2) is 0 Å². The summed E-state index contributed by atoms with van der Waals surface area (Å²) < 4.78 is 16.8. The predicted octanol–water partition coefficient (Wildman–Crippen LogP) is 13.9. The monoisotopic (exact) mass is 980 g/mol. The van der Waals surface area contributed by atoms with E-state index >= 15 is 0 Å². The van der Waals surface area contributed by atoms with Gasteiger partial charge in [-0.3, -0.25) is 14.4 Å². The van der Waals surface area contributed by atoms with Crippen molar-refractivity contribution in [3.05, 3.63) is 36.5 Å². The summed E-state index contributed by atoms with van der Waals surface area (Å²) in [4.78, 5) is 39.5. The number of nitrogens with one attached hydrogen (secondary N) is 1. The molecule has 0 atom stereocenters. The van der Waals surface area contributed by atoms with E-state index in [4.69, 9.17) is 14.2 Å². The second-order valence-electron chi connectivity index (χ2n) is 20.0. The van der Waals surface area contributed by atoms with Crippen molar-refractivity contribution in [1.82, 2.24) is 0 Å². The summed E-state index contributed by atoms with van der Waals surface area (Å²) in [7, 11) is 6.25. The van der Waals surface area contributed by atoms with Crippen molar-refractivity contribution in [1.29, 1.82) is 0 Å². The number of esters is 3. The van der Waals surface area contributed by atoms with Crippen molar-refractivity contribution >= 4 is 17.9 Å². The maximum Gasteiger partial charge on any atom is 0.306 e. The van der Waals surface area contributed by atoms with Crippen LogP contribution in [-0.4, -0.2) is 58.4 Å². The van der Waals surface area contributed by atoms with Crippen LogP contribution >= 0.6 is 0 Å². The molecule has 0 bridgehead atoms. The summed E-state index contributed by atoms with van der Waals surface area (Å²) in [5.74, 6) is -0.893. The summed E-state index contributed by atoms with van der Waals surface area (Å²) in [6.07, 6.45) is 61.2. The van der Waals surface area contributed by atoms with Crippen LogP contribution in [0.5, 0.6) is 0 Å². The van der Waals surface area contributed by atoms with Gasteiger partial charge < -0.3 is 31.5 Å². The molecule has 0 aliphatic rings. The highest BCUT2D eigenvalue weighted by Crippen LogP contribution is 2.15. The van der Waals surface area contributed by atoms with Gasteiger partial charge in [-0.2, -0.15) is 0 Å². The fourth-order valence-corrected chi connectivity index (χ4v) is 7.90. The van der Waals surface area contributed by atoms with Crippen molar-refractivity contribution in [3.8, 4) is 0 Å². The van der Waals surface area contributed by atoms with Gasteiger partial charge in [0.2, 0.25) is 0 Å². The number of allylic oxidation sites excluding steroid dienone is 6. The first-order chi connectivity index (χ1) is 32.8. The zero-order valence-corrected chi connectivity index (χ0v) is 46.7. The van der Waals surface area contributed by atoms with Gasteiger partial charge in [0.05, 0.1) is 21.1 Å². The third kappa shape index (κ3) is 63.9. The third-order valence-corrected chi connectivity index (χ3v) is 12.1. The molecule has 0 radical (unpaired) electrons. The Labute approximate surface area is 429 Å². The van der Waals surface area contributed by atoms with Gasteiger partial charge in [0.25, 0.3) is 0 Å². The van der Waals surface area contributed by atoms with Crippen molar-refractivity contribution < 1.29 is 45.9 Å². The summed E-state index contributed by atoms with van der Waals surface area (Å²) in [6.45, 7) is 6.63. The van der Waals surface area contributed by atoms with Crippen LogP contribution in [0.1, 0.15) is 290 Å². The third-order valence-electron chi connectivity index (χ3n) is 12.1. The molecule has 0 spiro atoms. The fourth-order valence-electron chi connectivity index (χ4n) is 7.90. The van der Waals surface area contributed by atoms with Crippen LogP contribution in [0.2, 0.25) is 0 Å². The predicted molar refractivity (Wildman–Crippen MR) is 289 cm³/mol. The molecule has 0 amide bonds. The standard InChI is InChI=1S/C57H104O6.C3H9N.ClH/c1-4-7-10-13-16-19-22-25-28-31-34-37-40-43-46-49-55(58)61-52-54(63-57(60)51-48-45-42-39-36-33-30-27-24-21-18-15-12-9-6-3)53-62-56(59)50-47-44-41-38-35-32-29-26-23-20-17-14-11-8-5-2;1-4(2)3;/h25-30,54H,4-24,31-53H2,1-3H3;1-3H3;1H/b28-25-,29-26-,30-27-;;. The number of hydrogen-bond donors (Lipinski definition) is 1. The van der Waals surface area contributed by atoms with Crippen molar-refractivity contribution in [3.63, 3.8) is 0 Å². The molecule has 1 N–H and O–H groups in total. The average Bonchev–Trinajstić information content (AvgIpc) is 3.30. The van der Waals surface area contributed by atoms with E-state index in [-0.39, 0.29) is 43.5 Å². The molecule has 0 aromatic carbocycles. The lowest BCUT2D eigenvalue weighted by atomic mass is 10.1. The highest BCUT2D eigenvalue weighted by atomic mass is 35.5. The number of rotatable bonds is 50. The first kappa shape index (κ1) is 70.1. The molecular weight excluding hydrogens is 866 g/mol. The Morgan fingerprint density at radius 1 is 0.338 bits per heavy atom. The molecule has 0 heterocycles. The minimum atomic E-state index is -0.781. The average molecular weight is 981 g/mol. The molecule has 402 valence electrons. The first-order valence-electron chi connectivity index (χ1n) is 29.0. The minimum absolute atomic E-state index is 0. The Bertz CT molecular complexity index is 1060. The molecule has 0 saturated heterocycles. The molecule has 7 nitrogen and oxygen atoms in total. The number of halogens is 1. The molecule has 0 saturated carbocycles. The Hall–Kier alpha value is -2.12. The van der Waals surface area contributed by atoms with Crippen molar-refractivity contribution in [2.75, 3.05) is 34.4 Å². The number of ether oxygens (including phenoxy) is 3. The zero-order chi connectivity index (χ0) is 49.4. The second kappa shape index (κ2) is 61.0. The lowest BCUT2D eigenvalue weighted by Crippen LogP contribution is -3.02. The molecule has 0 unspecified atom stereocenters. The maximum atomic E-state index is 12.8. The highest BCUT2D eigenvalue weighted by Gasteiger charge is 2.19. The molecule has 8 heteroatoms. The molecule has 0 rings (SSSR count). The summed E-state index contributed by atoms with van der Waals surface area (Å²) in [6, 6.07) is 0. The summed E-state index contributed by atoms with van der Waals surface area (Å²) >= 11 is 0. The van der Waals surface area contributed by atoms with Gasteiger partial charge in [0.15, 0.2) is 6.10 Å². The van der Waals surface area contributed by atoms with Crippen LogP contribution in [0.15, 0.2) is 36.5 Å². The molecular formula is C60H114ClNO6. The number of hydrogen-bond acceptors (Lipinski definition) is 6. The number of unbranched alkanes of at least 4 members (excludes halogenated alkanes) is 33. The van der Waals surface area contributed by atoms with Gasteiger partial charge >= 0.3 is 17.9 Å². The van der Waals surface area contributed by atoms with E-state index < -0.39 is 6.10 Å². The lowest BCUT2D eigenvalue weighted by Gasteiger charge is -2.18. The van der Waals surface area contributed by atoms with E-state index in [2.05, 4.69) is 78.4 Å². The maximum absolute atomic E-state index is 12.8. The molecule has 0 aromatic rings. The molecule has 68 heavy (non-hydrogen) atoms. The summed E-state index contributed by atoms with van der Waals surface area (Å²) in [5, 5.41) is 0. The Balaban J connectivity index is -0.00000809.